The minimum atomic E-state index is 0.0462. The van der Waals surface area contributed by atoms with E-state index in [-0.39, 0.29) is 11.9 Å². The summed E-state index contributed by atoms with van der Waals surface area (Å²) < 4.78 is 0. The highest BCUT2D eigenvalue weighted by atomic mass is 16.2. The molecule has 1 fully saturated rings. The lowest BCUT2D eigenvalue weighted by atomic mass is 10.0. The zero-order valence-corrected chi connectivity index (χ0v) is 9.64. The zero-order chi connectivity index (χ0) is 10.9. The van der Waals surface area contributed by atoms with E-state index in [0.29, 0.717) is 0 Å². The highest BCUT2D eigenvalue weighted by Gasteiger charge is 2.19. The van der Waals surface area contributed by atoms with Gasteiger partial charge in [-0.1, -0.05) is 13.3 Å². The van der Waals surface area contributed by atoms with Crippen LogP contribution in [-0.2, 0) is 4.79 Å². The maximum absolute atomic E-state index is 11.6. The molecule has 0 aromatic heterocycles. The molecule has 4 heteroatoms. The van der Waals surface area contributed by atoms with E-state index in [4.69, 9.17) is 0 Å². The smallest absolute Gasteiger partial charge is 0.237 e. The van der Waals surface area contributed by atoms with Crippen molar-refractivity contribution in [3.63, 3.8) is 0 Å². The first-order valence-corrected chi connectivity index (χ1v) is 6.06. The predicted octanol–water partition coefficient (Wildman–Crippen LogP) is 0.244. The molecule has 0 aromatic carbocycles. The van der Waals surface area contributed by atoms with E-state index in [2.05, 4.69) is 22.9 Å². The number of hydrogen-bond acceptors (Lipinski definition) is 3. The first-order chi connectivity index (χ1) is 7.34. The minimum Gasteiger partial charge on any atom is -0.353 e. The molecule has 3 N–H and O–H groups in total. The molecule has 1 rings (SSSR count). The van der Waals surface area contributed by atoms with Gasteiger partial charge in [0.1, 0.15) is 0 Å². The van der Waals surface area contributed by atoms with Gasteiger partial charge in [-0.15, -0.1) is 0 Å². The molecule has 0 spiro atoms. The van der Waals surface area contributed by atoms with Crippen LogP contribution in [0.25, 0.3) is 0 Å². The first kappa shape index (κ1) is 12.5. The lowest BCUT2D eigenvalue weighted by Gasteiger charge is -2.22. The minimum absolute atomic E-state index is 0.0462. The van der Waals surface area contributed by atoms with Crippen molar-refractivity contribution >= 4 is 5.91 Å². The van der Waals surface area contributed by atoms with Crippen molar-refractivity contribution in [2.24, 2.45) is 0 Å². The number of piperidine rings is 1. The second-order valence-corrected chi connectivity index (χ2v) is 4.04. The van der Waals surface area contributed by atoms with Crippen LogP contribution in [0.15, 0.2) is 0 Å². The third-order valence-corrected chi connectivity index (χ3v) is 2.65. The van der Waals surface area contributed by atoms with Gasteiger partial charge in [0.05, 0.1) is 6.04 Å². The average Bonchev–Trinajstić information content (AvgIpc) is 2.30. The first-order valence-electron chi connectivity index (χ1n) is 6.06. The van der Waals surface area contributed by atoms with E-state index in [1.807, 2.05) is 0 Å². The monoisotopic (exact) mass is 213 g/mol. The zero-order valence-electron chi connectivity index (χ0n) is 9.64. The van der Waals surface area contributed by atoms with Crippen molar-refractivity contribution in [3.05, 3.63) is 0 Å². The fraction of sp³-hybridized carbons (Fsp3) is 0.909. The summed E-state index contributed by atoms with van der Waals surface area (Å²) >= 11 is 0. The molecule has 0 saturated carbocycles. The summed E-state index contributed by atoms with van der Waals surface area (Å²) in [5.41, 5.74) is 0. The van der Waals surface area contributed by atoms with Crippen LogP contribution in [-0.4, -0.2) is 38.1 Å². The van der Waals surface area contributed by atoms with Gasteiger partial charge in [-0.3, -0.25) is 4.79 Å². The fourth-order valence-corrected chi connectivity index (χ4v) is 1.77. The highest BCUT2D eigenvalue weighted by Crippen LogP contribution is 2.06. The summed E-state index contributed by atoms with van der Waals surface area (Å²) in [6.07, 6.45) is 4.48. The van der Waals surface area contributed by atoms with Crippen molar-refractivity contribution in [2.45, 2.75) is 38.6 Å². The van der Waals surface area contributed by atoms with Crippen LogP contribution in [0.1, 0.15) is 32.6 Å². The Kier molecular flexibility index (Phi) is 6.36. The summed E-state index contributed by atoms with van der Waals surface area (Å²) in [6.45, 7) is 5.74. The molecule has 0 aromatic rings. The van der Waals surface area contributed by atoms with E-state index in [0.717, 1.165) is 39.0 Å². The Morgan fingerprint density at radius 2 is 2.20 bits per heavy atom. The predicted molar refractivity (Wildman–Crippen MR) is 61.8 cm³/mol. The molecular formula is C11H23N3O. The SMILES string of the molecule is CCCNCCNC(=O)C1CCCCN1. The molecule has 15 heavy (non-hydrogen) atoms. The third kappa shape index (κ3) is 5.14. The van der Waals surface area contributed by atoms with Crippen molar-refractivity contribution in [1.82, 2.24) is 16.0 Å². The summed E-state index contributed by atoms with van der Waals surface area (Å²) in [7, 11) is 0. The largest absolute Gasteiger partial charge is 0.353 e. The number of hydrogen-bond donors (Lipinski definition) is 3. The lowest BCUT2D eigenvalue weighted by molar-refractivity contribution is -0.123. The summed E-state index contributed by atoms with van der Waals surface area (Å²) in [6, 6.07) is 0.0462. The summed E-state index contributed by atoms with van der Waals surface area (Å²) in [5.74, 6) is 0.160. The van der Waals surface area contributed by atoms with Crippen LogP contribution < -0.4 is 16.0 Å². The van der Waals surface area contributed by atoms with Crippen molar-refractivity contribution in [3.8, 4) is 0 Å². The van der Waals surface area contributed by atoms with Crippen LogP contribution >= 0.6 is 0 Å². The quantitative estimate of drug-likeness (QED) is 0.554. The van der Waals surface area contributed by atoms with E-state index in [1.165, 1.54) is 12.8 Å². The highest BCUT2D eigenvalue weighted by molar-refractivity contribution is 5.81. The van der Waals surface area contributed by atoms with Crippen molar-refractivity contribution < 1.29 is 4.79 Å². The molecule has 1 amide bonds. The number of nitrogens with one attached hydrogen (secondary N) is 3. The van der Waals surface area contributed by atoms with Gasteiger partial charge >= 0.3 is 0 Å². The Morgan fingerprint density at radius 3 is 2.87 bits per heavy atom. The standard InChI is InChI=1S/C11H23N3O/c1-2-6-12-8-9-14-11(15)10-5-3-4-7-13-10/h10,12-13H,2-9H2,1H3,(H,14,15). The van der Waals surface area contributed by atoms with Gasteiger partial charge in [-0.25, -0.2) is 0 Å². The van der Waals surface area contributed by atoms with Crippen LogP contribution in [0.2, 0.25) is 0 Å². The molecule has 88 valence electrons. The Morgan fingerprint density at radius 1 is 1.33 bits per heavy atom. The van der Waals surface area contributed by atoms with Crippen LogP contribution in [0.3, 0.4) is 0 Å². The third-order valence-electron chi connectivity index (χ3n) is 2.65. The molecule has 1 unspecified atom stereocenters. The van der Waals surface area contributed by atoms with Gasteiger partial charge in [0.25, 0.3) is 0 Å². The summed E-state index contributed by atoms with van der Waals surface area (Å²) in [5, 5.41) is 9.44. The van der Waals surface area contributed by atoms with Crippen LogP contribution in [0.4, 0.5) is 0 Å². The number of rotatable bonds is 6. The van der Waals surface area contributed by atoms with E-state index in [1.54, 1.807) is 0 Å². The molecule has 0 aliphatic carbocycles. The molecule has 0 radical (unpaired) electrons. The lowest BCUT2D eigenvalue weighted by Crippen LogP contribution is -2.47. The molecule has 0 bridgehead atoms. The van der Waals surface area contributed by atoms with Crippen molar-refractivity contribution in [2.75, 3.05) is 26.2 Å². The topological polar surface area (TPSA) is 53.2 Å². The van der Waals surface area contributed by atoms with Gasteiger partial charge in [-0.2, -0.15) is 0 Å². The van der Waals surface area contributed by atoms with Gasteiger partial charge in [0.15, 0.2) is 0 Å². The van der Waals surface area contributed by atoms with E-state index in [9.17, 15) is 4.79 Å². The Hall–Kier alpha value is -0.610. The van der Waals surface area contributed by atoms with E-state index >= 15 is 0 Å². The Bertz CT molecular complexity index is 179. The van der Waals surface area contributed by atoms with Crippen LogP contribution in [0.5, 0.6) is 0 Å². The van der Waals surface area contributed by atoms with E-state index < -0.39 is 0 Å². The van der Waals surface area contributed by atoms with Gasteiger partial charge in [-0.05, 0) is 32.4 Å². The second kappa shape index (κ2) is 7.65. The fourth-order valence-electron chi connectivity index (χ4n) is 1.77. The van der Waals surface area contributed by atoms with Crippen molar-refractivity contribution in [1.29, 1.82) is 0 Å². The Balaban J connectivity index is 2.02. The molecule has 1 aliphatic rings. The van der Waals surface area contributed by atoms with Gasteiger partial charge in [0.2, 0.25) is 5.91 Å². The molecule has 1 heterocycles. The number of amides is 1. The number of carbonyl (C=O) groups is 1. The molecular weight excluding hydrogens is 190 g/mol. The number of carbonyl (C=O) groups excluding carboxylic acids is 1. The average molecular weight is 213 g/mol. The van der Waals surface area contributed by atoms with Gasteiger partial charge < -0.3 is 16.0 Å². The van der Waals surface area contributed by atoms with Gasteiger partial charge in [0, 0.05) is 13.1 Å². The maximum atomic E-state index is 11.6. The normalized spacial score (nSPS) is 21.3. The second-order valence-electron chi connectivity index (χ2n) is 4.04. The Labute approximate surface area is 92.2 Å². The summed E-state index contributed by atoms with van der Waals surface area (Å²) in [4.78, 5) is 11.6. The maximum Gasteiger partial charge on any atom is 0.237 e. The molecule has 1 atom stereocenters. The molecule has 1 saturated heterocycles. The molecule has 1 aliphatic heterocycles. The molecule has 4 nitrogen and oxygen atoms in total. The van der Waals surface area contributed by atoms with Crippen LogP contribution in [0, 0.1) is 0 Å².